The number of nitrogens with zero attached hydrogens (tertiary/aromatic N) is 4. The maximum absolute atomic E-state index is 13.7. The predicted octanol–water partition coefficient (Wildman–Crippen LogP) is 6.23. The summed E-state index contributed by atoms with van der Waals surface area (Å²) in [6.07, 6.45) is -4.46. The highest BCUT2D eigenvalue weighted by Crippen LogP contribution is 2.38. The van der Waals surface area contributed by atoms with E-state index in [1.54, 1.807) is 6.07 Å². The van der Waals surface area contributed by atoms with Gasteiger partial charge in [0.05, 0.1) is 16.7 Å². The van der Waals surface area contributed by atoms with Crippen molar-refractivity contribution in [2.24, 2.45) is 5.92 Å². The predicted molar refractivity (Wildman–Crippen MR) is 122 cm³/mol. The van der Waals surface area contributed by atoms with Crippen LogP contribution in [-0.4, -0.2) is 51.9 Å². The average Bonchev–Trinajstić information content (AvgIpc) is 3.29. The maximum atomic E-state index is 13.7. The number of amides is 1. The highest BCUT2D eigenvalue weighted by atomic mass is 35.5. The number of aromatic nitrogens is 2. The van der Waals surface area contributed by atoms with Crippen LogP contribution in [0, 0.1) is 5.92 Å². The first kappa shape index (κ1) is 23.6. The molecule has 1 amide bonds. The van der Waals surface area contributed by atoms with Gasteiger partial charge in [0.15, 0.2) is 6.04 Å². The molecule has 1 N–H and O–H groups in total. The number of hydrogen-bond acceptors (Lipinski definition) is 5. The fourth-order valence-electron chi connectivity index (χ4n) is 4.23. The molecule has 1 aliphatic heterocycles. The molecular formula is C22H22ClF3N4O2S. The van der Waals surface area contributed by atoms with Crippen molar-refractivity contribution in [1.29, 1.82) is 0 Å². The molecule has 0 radical (unpaired) electrons. The van der Waals surface area contributed by atoms with Gasteiger partial charge in [-0.15, -0.1) is 11.3 Å². The molecule has 6 nitrogen and oxygen atoms in total. The summed E-state index contributed by atoms with van der Waals surface area (Å²) >= 11 is 7.03. The number of pyridine rings is 1. The number of rotatable bonds is 6. The minimum atomic E-state index is -4.73. The zero-order valence-electron chi connectivity index (χ0n) is 17.5. The maximum Gasteiger partial charge on any atom is 0.414 e. The molecule has 2 aromatic heterocycles. The van der Waals surface area contributed by atoms with Crippen LogP contribution in [-0.2, 0) is 0 Å². The Labute approximate surface area is 197 Å². The van der Waals surface area contributed by atoms with Crippen molar-refractivity contribution >= 4 is 45.8 Å². The van der Waals surface area contributed by atoms with E-state index in [1.807, 2.05) is 24.3 Å². The molecule has 1 saturated heterocycles. The third-order valence-electron chi connectivity index (χ3n) is 5.95. The van der Waals surface area contributed by atoms with Crippen molar-refractivity contribution in [3.8, 4) is 0 Å². The second kappa shape index (κ2) is 9.72. The van der Waals surface area contributed by atoms with E-state index in [-0.39, 0.29) is 18.2 Å². The minimum Gasteiger partial charge on any atom is -0.465 e. The van der Waals surface area contributed by atoms with Crippen LogP contribution in [0.1, 0.15) is 31.0 Å². The van der Waals surface area contributed by atoms with Crippen molar-refractivity contribution in [3.63, 3.8) is 0 Å². The summed E-state index contributed by atoms with van der Waals surface area (Å²) in [4.78, 5) is 22.7. The molecule has 4 rings (SSSR count). The molecule has 0 bridgehead atoms. The van der Waals surface area contributed by atoms with E-state index < -0.39 is 18.3 Å². The number of thiazole rings is 1. The molecule has 1 fully saturated rings. The Bertz CT molecular complexity index is 1100. The Hall–Kier alpha value is -2.59. The van der Waals surface area contributed by atoms with Crippen molar-refractivity contribution in [2.45, 2.75) is 31.5 Å². The van der Waals surface area contributed by atoms with Crippen LogP contribution in [0.2, 0.25) is 5.02 Å². The van der Waals surface area contributed by atoms with Crippen LogP contribution >= 0.6 is 22.9 Å². The Kier molecular flexibility index (Phi) is 6.94. The fraction of sp³-hybridized carbons (Fsp3) is 0.409. The van der Waals surface area contributed by atoms with Gasteiger partial charge in [-0.1, -0.05) is 11.6 Å². The van der Waals surface area contributed by atoms with Crippen molar-refractivity contribution in [2.75, 3.05) is 24.5 Å². The highest BCUT2D eigenvalue weighted by Gasteiger charge is 2.48. The highest BCUT2D eigenvalue weighted by molar-refractivity contribution is 7.07. The van der Waals surface area contributed by atoms with Gasteiger partial charge in [-0.25, -0.2) is 14.8 Å². The topological polar surface area (TPSA) is 69.6 Å². The first-order valence-corrected chi connectivity index (χ1v) is 11.8. The van der Waals surface area contributed by atoms with Gasteiger partial charge in [0, 0.05) is 35.4 Å². The molecule has 0 saturated carbocycles. The van der Waals surface area contributed by atoms with Crippen LogP contribution in [0.25, 0.3) is 10.9 Å². The number of piperidine rings is 1. The number of anilines is 1. The van der Waals surface area contributed by atoms with Gasteiger partial charge < -0.3 is 10.0 Å². The van der Waals surface area contributed by atoms with Crippen molar-refractivity contribution < 1.29 is 23.1 Å². The van der Waals surface area contributed by atoms with E-state index in [0.717, 1.165) is 40.9 Å². The smallest absolute Gasteiger partial charge is 0.414 e. The Morgan fingerprint density at radius 2 is 2.03 bits per heavy atom. The lowest BCUT2D eigenvalue weighted by atomic mass is 9.93. The van der Waals surface area contributed by atoms with E-state index in [1.165, 1.54) is 10.9 Å². The first-order chi connectivity index (χ1) is 15.7. The third kappa shape index (κ3) is 5.50. The van der Waals surface area contributed by atoms with Crippen LogP contribution in [0.5, 0.6) is 0 Å². The summed E-state index contributed by atoms with van der Waals surface area (Å²) < 4.78 is 41.0. The van der Waals surface area contributed by atoms with Crippen molar-refractivity contribution in [3.05, 3.63) is 51.9 Å². The monoisotopic (exact) mass is 498 g/mol. The molecule has 1 unspecified atom stereocenters. The Morgan fingerprint density at radius 1 is 1.27 bits per heavy atom. The normalized spacial score (nSPS) is 16.2. The molecule has 11 heteroatoms. The van der Waals surface area contributed by atoms with E-state index in [4.69, 9.17) is 16.6 Å². The van der Waals surface area contributed by atoms with Gasteiger partial charge in [0.25, 0.3) is 0 Å². The van der Waals surface area contributed by atoms with Gasteiger partial charge in [-0.2, -0.15) is 13.2 Å². The van der Waals surface area contributed by atoms with Gasteiger partial charge in [-0.3, -0.25) is 4.90 Å². The standard InChI is InChI=1S/C22H22ClF3N4O2S/c23-16-2-3-17-15(11-16)1-4-19(28-17)29-8-5-14(6-9-29)7-10-30(21(31)32)20(22(24,25)26)18-12-33-13-27-18/h1-4,11-14,20H,5-10H2,(H,31,32). The quantitative estimate of drug-likeness (QED) is 0.436. The number of fused-ring (bicyclic) bond motifs is 1. The first-order valence-electron chi connectivity index (χ1n) is 10.5. The molecule has 3 heterocycles. The van der Waals surface area contributed by atoms with Gasteiger partial charge in [0.1, 0.15) is 5.82 Å². The molecular weight excluding hydrogens is 477 g/mol. The number of benzene rings is 1. The lowest BCUT2D eigenvalue weighted by Crippen LogP contribution is -2.43. The number of halogens is 4. The molecule has 3 aromatic rings. The Balaban J connectivity index is 1.38. The lowest BCUT2D eigenvalue weighted by molar-refractivity contribution is -0.182. The number of carboxylic acid groups (broad SMARTS) is 1. The lowest BCUT2D eigenvalue weighted by Gasteiger charge is -2.35. The molecule has 0 spiro atoms. The number of alkyl halides is 3. The van der Waals surface area contributed by atoms with Crippen LogP contribution in [0.15, 0.2) is 41.2 Å². The summed E-state index contributed by atoms with van der Waals surface area (Å²) in [5, 5.41) is 12.4. The summed E-state index contributed by atoms with van der Waals surface area (Å²) in [5.41, 5.74) is 1.84. The zero-order valence-corrected chi connectivity index (χ0v) is 19.1. The van der Waals surface area contributed by atoms with Crippen LogP contribution < -0.4 is 4.90 Å². The molecule has 176 valence electrons. The van der Waals surface area contributed by atoms with Gasteiger partial charge in [0.2, 0.25) is 0 Å². The van der Waals surface area contributed by atoms with Gasteiger partial charge in [-0.05, 0) is 55.5 Å². The van der Waals surface area contributed by atoms with Gasteiger partial charge >= 0.3 is 12.3 Å². The summed E-state index contributed by atoms with van der Waals surface area (Å²) in [7, 11) is 0. The van der Waals surface area contributed by atoms with Crippen molar-refractivity contribution in [1.82, 2.24) is 14.9 Å². The number of carbonyl (C=O) groups is 1. The van der Waals surface area contributed by atoms with E-state index in [0.29, 0.717) is 29.4 Å². The van der Waals surface area contributed by atoms with E-state index in [9.17, 15) is 23.1 Å². The minimum absolute atomic E-state index is 0.131. The average molecular weight is 499 g/mol. The SMILES string of the molecule is O=C(O)N(CCC1CCN(c2ccc3cc(Cl)ccc3n2)CC1)C(c1cscn1)C(F)(F)F. The van der Waals surface area contributed by atoms with Crippen LogP contribution in [0.4, 0.5) is 23.8 Å². The molecule has 1 aromatic carbocycles. The number of hydrogen-bond donors (Lipinski definition) is 1. The molecule has 1 aliphatic rings. The Morgan fingerprint density at radius 3 is 2.67 bits per heavy atom. The van der Waals surface area contributed by atoms with Crippen LogP contribution in [0.3, 0.4) is 0 Å². The molecule has 0 aliphatic carbocycles. The summed E-state index contributed by atoms with van der Waals surface area (Å²) in [6, 6.07) is 7.17. The zero-order chi connectivity index (χ0) is 23.6. The molecule has 1 atom stereocenters. The second-order valence-electron chi connectivity index (χ2n) is 8.06. The van der Waals surface area contributed by atoms with E-state index in [2.05, 4.69) is 9.88 Å². The molecule has 33 heavy (non-hydrogen) atoms. The fourth-order valence-corrected chi connectivity index (χ4v) is 4.98. The summed E-state index contributed by atoms with van der Waals surface area (Å²) in [5.74, 6) is 0.975. The summed E-state index contributed by atoms with van der Waals surface area (Å²) in [6.45, 7) is 1.22. The third-order valence-corrected chi connectivity index (χ3v) is 6.79. The second-order valence-corrected chi connectivity index (χ2v) is 9.21. The van der Waals surface area contributed by atoms with E-state index >= 15 is 0 Å². The largest absolute Gasteiger partial charge is 0.465 e.